The lowest BCUT2D eigenvalue weighted by Crippen LogP contribution is -2.49. The summed E-state index contributed by atoms with van der Waals surface area (Å²) in [4.78, 5) is 19.2. The van der Waals surface area contributed by atoms with Crippen molar-refractivity contribution in [1.82, 2.24) is 15.2 Å². The maximum Gasteiger partial charge on any atom is 0.242 e. The van der Waals surface area contributed by atoms with E-state index in [0.29, 0.717) is 5.92 Å². The molecule has 0 saturated carbocycles. The molecule has 6 nitrogen and oxygen atoms in total. The zero-order chi connectivity index (χ0) is 17.9. The predicted molar refractivity (Wildman–Crippen MR) is 102 cm³/mol. The number of anilines is 1. The molecule has 2 aromatic rings. The minimum atomic E-state index is -0.594. The molecule has 2 atom stereocenters. The number of likely N-dealkylation sites (tertiary alicyclic amines) is 1. The van der Waals surface area contributed by atoms with Crippen LogP contribution < -0.4 is 10.6 Å². The number of aliphatic hydroxyl groups excluding tert-OH is 1. The van der Waals surface area contributed by atoms with Crippen molar-refractivity contribution < 1.29 is 9.90 Å². The lowest BCUT2D eigenvalue weighted by molar-refractivity contribution is -0.117. The highest BCUT2D eigenvalue weighted by Gasteiger charge is 2.33. The van der Waals surface area contributed by atoms with E-state index in [2.05, 4.69) is 20.5 Å². The van der Waals surface area contributed by atoms with Gasteiger partial charge in [0.2, 0.25) is 5.91 Å². The fraction of sp³-hybridized carbons (Fsp3) is 0.474. The number of nitrogens with zero attached hydrogens (tertiary/aromatic N) is 2. The molecular weight excluding hydrogens is 348 g/mol. The Kier molecular flexibility index (Phi) is 5.31. The molecule has 2 fully saturated rings. The number of carbonyl (C=O) groups is 1. The molecule has 138 valence electrons. The van der Waals surface area contributed by atoms with Gasteiger partial charge in [-0.1, -0.05) is 0 Å². The van der Waals surface area contributed by atoms with Crippen molar-refractivity contribution in [3.05, 3.63) is 47.1 Å². The smallest absolute Gasteiger partial charge is 0.242 e. The molecule has 4 rings (SSSR count). The Balaban J connectivity index is 1.27. The first-order valence-corrected chi connectivity index (χ1v) is 9.95. The van der Waals surface area contributed by atoms with Crippen LogP contribution in [-0.4, -0.2) is 46.6 Å². The van der Waals surface area contributed by atoms with Crippen LogP contribution in [0.3, 0.4) is 0 Å². The van der Waals surface area contributed by atoms with Gasteiger partial charge in [0.1, 0.15) is 6.23 Å². The number of aromatic nitrogens is 1. The first-order chi connectivity index (χ1) is 12.7. The van der Waals surface area contributed by atoms with E-state index in [4.69, 9.17) is 0 Å². The highest BCUT2D eigenvalue weighted by Crippen LogP contribution is 2.34. The largest absolute Gasteiger partial charge is 0.373 e. The molecule has 2 saturated heterocycles. The molecule has 1 unspecified atom stereocenters. The SMILES string of the molecule is O=C(Nc1ccc(C(O)N2CC(Cc3ccncc3)C2)s1)[C@@H]1CCCN1. The first kappa shape index (κ1) is 17.6. The van der Waals surface area contributed by atoms with Crippen LogP contribution in [0.1, 0.15) is 29.5 Å². The van der Waals surface area contributed by atoms with E-state index in [1.807, 2.05) is 36.7 Å². The van der Waals surface area contributed by atoms with Crippen molar-refractivity contribution in [2.24, 2.45) is 5.92 Å². The van der Waals surface area contributed by atoms with Gasteiger partial charge in [-0.25, -0.2) is 0 Å². The summed E-state index contributed by atoms with van der Waals surface area (Å²) in [7, 11) is 0. The van der Waals surface area contributed by atoms with Gasteiger partial charge < -0.3 is 15.7 Å². The number of amides is 1. The van der Waals surface area contributed by atoms with Gasteiger partial charge in [-0.3, -0.25) is 14.7 Å². The summed E-state index contributed by atoms with van der Waals surface area (Å²) in [6.07, 6.45) is 6.00. The molecule has 1 amide bonds. The maximum atomic E-state index is 12.2. The van der Waals surface area contributed by atoms with Crippen LogP contribution in [0.25, 0.3) is 0 Å². The number of hydrogen-bond acceptors (Lipinski definition) is 6. The molecule has 3 N–H and O–H groups in total. The minimum Gasteiger partial charge on any atom is -0.373 e. The average Bonchev–Trinajstić information content (AvgIpc) is 3.30. The quantitative estimate of drug-likeness (QED) is 0.723. The van der Waals surface area contributed by atoms with E-state index in [1.165, 1.54) is 16.9 Å². The van der Waals surface area contributed by atoms with Crippen LogP contribution in [0.5, 0.6) is 0 Å². The number of carbonyl (C=O) groups excluding carboxylic acids is 1. The van der Waals surface area contributed by atoms with Crippen LogP contribution in [0.4, 0.5) is 5.00 Å². The Morgan fingerprint density at radius 1 is 1.35 bits per heavy atom. The van der Waals surface area contributed by atoms with Crippen molar-refractivity contribution in [2.45, 2.75) is 31.5 Å². The first-order valence-electron chi connectivity index (χ1n) is 9.14. The van der Waals surface area contributed by atoms with Gasteiger partial charge in [0.05, 0.1) is 15.9 Å². The van der Waals surface area contributed by atoms with Gasteiger partial charge in [-0.2, -0.15) is 0 Å². The maximum absolute atomic E-state index is 12.2. The number of rotatable bonds is 6. The highest BCUT2D eigenvalue weighted by atomic mass is 32.1. The zero-order valence-corrected chi connectivity index (χ0v) is 15.4. The standard InChI is InChI=1S/C19H24N4O2S/c24-18(15-2-1-7-21-15)22-17-4-3-16(26-17)19(25)23-11-14(12-23)10-13-5-8-20-9-6-13/h3-6,8-9,14-15,19,21,25H,1-2,7,10-12H2,(H,22,24)/t15-,19?/m0/s1. The van der Waals surface area contributed by atoms with Crippen molar-refractivity contribution >= 4 is 22.2 Å². The Bertz CT molecular complexity index is 739. The summed E-state index contributed by atoms with van der Waals surface area (Å²) < 4.78 is 0. The van der Waals surface area contributed by atoms with Crippen molar-refractivity contribution in [1.29, 1.82) is 0 Å². The van der Waals surface area contributed by atoms with Gasteiger partial charge in [0, 0.05) is 25.5 Å². The molecule has 2 aliphatic rings. The normalized spacial score (nSPS) is 22.1. The summed E-state index contributed by atoms with van der Waals surface area (Å²) in [6.45, 7) is 2.67. The summed E-state index contributed by atoms with van der Waals surface area (Å²) in [5.74, 6) is 0.589. The van der Waals surface area contributed by atoms with E-state index >= 15 is 0 Å². The summed E-state index contributed by atoms with van der Waals surface area (Å²) in [5.41, 5.74) is 1.29. The lowest BCUT2D eigenvalue weighted by atomic mass is 9.92. The van der Waals surface area contributed by atoms with Crippen LogP contribution in [0.15, 0.2) is 36.7 Å². The van der Waals surface area contributed by atoms with E-state index in [1.54, 1.807) is 0 Å². The molecule has 0 aliphatic carbocycles. The Labute approximate surface area is 157 Å². The third-order valence-electron chi connectivity index (χ3n) is 5.11. The molecule has 2 aromatic heterocycles. The van der Waals surface area contributed by atoms with Crippen molar-refractivity contribution in [2.75, 3.05) is 25.0 Å². The van der Waals surface area contributed by atoms with Gasteiger partial charge in [0.25, 0.3) is 0 Å². The predicted octanol–water partition coefficient (Wildman–Crippen LogP) is 2.00. The molecule has 7 heteroatoms. The molecular formula is C19H24N4O2S. The topological polar surface area (TPSA) is 77.5 Å². The number of hydrogen-bond donors (Lipinski definition) is 3. The monoisotopic (exact) mass is 372 g/mol. The van der Waals surface area contributed by atoms with Crippen molar-refractivity contribution in [3.63, 3.8) is 0 Å². The summed E-state index contributed by atoms with van der Waals surface area (Å²) >= 11 is 1.45. The van der Waals surface area contributed by atoms with Crippen molar-refractivity contribution in [3.8, 4) is 0 Å². The second-order valence-corrected chi connectivity index (χ2v) is 8.21. The fourth-order valence-corrected chi connectivity index (χ4v) is 4.58. The third kappa shape index (κ3) is 3.96. The number of pyridine rings is 1. The molecule has 0 aromatic carbocycles. The second-order valence-electron chi connectivity index (χ2n) is 7.09. The Hall–Kier alpha value is -1.80. The Morgan fingerprint density at radius 3 is 2.88 bits per heavy atom. The van der Waals surface area contributed by atoms with E-state index in [-0.39, 0.29) is 11.9 Å². The van der Waals surface area contributed by atoms with Gasteiger partial charge in [-0.15, -0.1) is 11.3 Å². The van der Waals surface area contributed by atoms with Gasteiger partial charge >= 0.3 is 0 Å². The summed E-state index contributed by atoms with van der Waals surface area (Å²) in [6, 6.07) is 7.79. The minimum absolute atomic E-state index is 0.0201. The van der Waals surface area contributed by atoms with Crippen LogP contribution >= 0.6 is 11.3 Å². The van der Waals surface area contributed by atoms with Crippen LogP contribution in [0.2, 0.25) is 0 Å². The van der Waals surface area contributed by atoms with Crippen LogP contribution in [0, 0.1) is 5.92 Å². The lowest BCUT2D eigenvalue weighted by Gasteiger charge is -2.42. The average molecular weight is 372 g/mol. The molecule has 0 bridgehead atoms. The molecule has 0 spiro atoms. The van der Waals surface area contributed by atoms with E-state index in [9.17, 15) is 9.90 Å². The zero-order valence-electron chi connectivity index (χ0n) is 14.6. The second kappa shape index (κ2) is 7.84. The number of nitrogens with one attached hydrogen (secondary N) is 2. The van der Waals surface area contributed by atoms with Gasteiger partial charge in [-0.05, 0) is 61.6 Å². The van der Waals surface area contributed by atoms with Crippen LogP contribution in [-0.2, 0) is 11.2 Å². The fourth-order valence-electron chi connectivity index (χ4n) is 3.65. The summed E-state index contributed by atoms with van der Waals surface area (Å²) in [5, 5.41) is 17.5. The Morgan fingerprint density at radius 2 is 2.15 bits per heavy atom. The molecule has 0 radical (unpaired) electrons. The number of thiophene rings is 1. The van der Waals surface area contributed by atoms with E-state index in [0.717, 1.165) is 48.8 Å². The van der Waals surface area contributed by atoms with Gasteiger partial charge in [0.15, 0.2) is 0 Å². The number of aliphatic hydroxyl groups is 1. The molecule has 2 aliphatic heterocycles. The third-order valence-corrected chi connectivity index (χ3v) is 6.15. The van der Waals surface area contributed by atoms with E-state index < -0.39 is 6.23 Å². The molecule has 26 heavy (non-hydrogen) atoms. The molecule has 4 heterocycles. The highest BCUT2D eigenvalue weighted by molar-refractivity contribution is 7.16.